The van der Waals surface area contributed by atoms with Crippen LogP contribution in [0.5, 0.6) is 0 Å². The lowest BCUT2D eigenvalue weighted by molar-refractivity contribution is -0.115. The molecule has 1 aliphatic rings. The van der Waals surface area contributed by atoms with E-state index in [0.717, 1.165) is 25.0 Å². The Morgan fingerprint density at radius 2 is 2.19 bits per heavy atom. The normalized spacial score (nSPS) is 19.1. The minimum atomic E-state index is -0.372. The lowest BCUT2D eigenvalue weighted by Crippen LogP contribution is -2.33. The summed E-state index contributed by atoms with van der Waals surface area (Å²) >= 11 is 0. The highest BCUT2D eigenvalue weighted by Crippen LogP contribution is 2.35. The fourth-order valence-corrected chi connectivity index (χ4v) is 3.21. The lowest BCUT2D eigenvalue weighted by Gasteiger charge is -2.14. The minimum Gasteiger partial charge on any atom is -0.446 e. The van der Waals surface area contributed by atoms with E-state index in [9.17, 15) is 9.59 Å². The maximum Gasteiger partial charge on any atom is 0.407 e. The van der Waals surface area contributed by atoms with Crippen molar-refractivity contribution in [3.8, 4) is 0 Å². The Balaban J connectivity index is 1.49. The zero-order valence-corrected chi connectivity index (χ0v) is 15.6. The van der Waals surface area contributed by atoms with Crippen LogP contribution in [-0.2, 0) is 16.0 Å². The second-order valence-corrected chi connectivity index (χ2v) is 7.09. The lowest BCUT2D eigenvalue weighted by atomic mass is 10.0. The van der Waals surface area contributed by atoms with Gasteiger partial charge in [0.05, 0.1) is 6.42 Å². The van der Waals surface area contributed by atoms with E-state index in [1.165, 1.54) is 0 Å². The Morgan fingerprint density at radius 3 is 2.93 bits per heavy atom. The van der Waals surface area contributed by atoms with E-state index >= 15 is 0 Å². The van der Waals surface area contributed by atoms with Crippen LogP contribution in [-0.4, -0.2) is 39.3 Å². The molecule has 2 atom stereocenters. The average Bonchev–Trinajstić information content (AvgIpc) is 3.24. The van der Waals surface area contributed by atoms with Crippen LogP contribution < -0.4 is 10.6 Å². The Hall–Kier alpha value is -2.90. The molecule has 1 aliphatic carbocycles. The van der Waals surface area contributed by atoms with Crippen LogP contribution in [0.4, 0.5) is 10.6 Å². The molecule has 3 N–H and O–H groups in total. The number of nitrogens with one attached hydrogen (secondary N) is 3. The predicted molar refractivity (Wildman–Crippen MR) is 100 cm³/mol. The van der Waals surface area contributed by atoms with Crippen LogP contribution >= 0.6 is 0 Å². The highest BCUT2D eigenvalue weighted by atomic mass is 16.6. The summed E-state index contributed by atoms with van der Waals surface area (Å²) in [6.45, 7) is 3.79. The molecule has 0 aromatic carbocycles. The average molecular weight is 371 g/mol. The first-order valence-electron chi connectivity index (χ1n) is 9.22. The SMILES string of the molecule is CC(C)NC(=O)O[C@@H]1CC[C@H](c2cc(NC(=O)Cc3ccccn3)n[nH]2)C1. The number of amides is 2. The fraction of sp³-hybridized carbons (Fsp3) is 0.474. The molecular weight excluding hydrogens is 346 g/mol. The van der Waals surface area contributed by atoms with Gasteiger partial charge in [0.2, 0.25) is 5.91 Å². The molecule has 0 radical (unpaired) electrons. The van der Waals surface area contributed by atoms with E-state index in [4.69, 9.17) is 4.74 Å². The van der Waals surface area contributed by atoms with Gasteiger partial charge in [0.1, 0.15) is 6.10 Å². The van der Waals surface area contributed by atoms with E-state index in [1.807, 2.05) is 38.1 Å². The summed E-state index contributed by atoms with van der Waals surface area (Å²) in [5.41, 5.74) is 1.65. The molecule has 0 spiro atoms. The molecule has 2 heterocycles. The highest BCUT2D eigenvalue weighted by molar-refractivity contribution is 5.91. The third-order valence-corrected chi connectivity index (χ3v) is 4.44. The number of hydrogen-bond acceptors (Lipinski definition) is 5. The van der Waals surface area contributed by atoms with Crippen molar-refractivity contribution in [1.82, 2.24) is 20.5 Å². The molecule has 2 aromatic rings. The van der Waals surface area contributed by atoms with Crippen molar-refractivity contribution in [2.24, 2.45) is 0 Å². The van der Waals surface area contributed by atoms with Crippen LogP contribution in [0, 0.1) is 0 Å². The standard InChI is InChI=1S/C19H25N5O3/c1-12(2)21-19(26)27-15-7-6-13(9-15)16-11-17(24-23-16)22-18(25)10-14-5-3-4-8-20-14/h3-5,8,11-13,15H,6-7,9-10H2,1-2H3,(H,21,26)(H2,22,23,24,25)/t13-,15+/m0/s1. The van der Waals surface area contributed by atoms with Crippen molar-refractivity contribution < 1.29 is 14.3 Å². The third-order valence-electron chi connectivity index (χ3n) is 4.44. The number of alkyl carbamates (subject to hydrolysis) is 1. The molecule has 1 fully saturated rings. The Labute approximate surface area is 158 Å². The zero-order chi connectivity index (χ0) is 19.2. The van der Waals surface area contributed by atoms with Crippen molar-refractivity contribution in [3.05, 3.63) is 41.9 Å². The zero-order valence-electron chi connectivity index (χ0n) is 15.6. The van der Waals surface area contributed by atoms with Crippen LogP contribution in [0.1, 0.15) is 50.4 Å². The van der Waals surface area contributed by atoms with E-state index in [1.54, 1.807) is 6.20 Å². The summed E-state index contributed by atoms with van der Waals surface area (Å²) in [4.78, 5) is 28.0. The quantitative estimate of drug-likeness (QED) is 0.723. The van der Waals surface area contributed by atoms with Gasteiger partial charge in [-0.05, 0) is 45.2 Å². The van der Waals surface area contributed by atoms with E-state index in [0.29, 0.717) is 11.5 Å². The van der Waals surface area contributed by atoms with Crippen molar-refractivity contribution in [1.29, 1.82) is 0 Å². The number of anilines is 1. The Morgan fingerprint density at radius 1 is 1.33 bits per heavy atom. The third kappa shape index (κ3) is 5.54. The summed E-state index contributed by atoms with van der Waals surface area (Å²) in [6.07, 6.45) is 3.86. The number of carbonyl (C=O) groups excluding carboxylic acids is 2. The predicted octanol–water partition coefficient (Wildman–Crippen LogP) is 2.76. The smallest absolute Gasteiger partial charge is 0.407 e. The molecule has 0 bridgehead atoms. The number of aromatic amines is 1. The van der Waals surface area contributed by atoms with Crippen LogP contribution in [0.2, 0.25) is 0 Å². The summed E-state index contributed by atoms with van der Waals surface area (Å²) in [5, 5.41) is 12.7. The second kappa shape index (κ2) is 8.66. The molecule has 2 aromatic heterocycles. The number of nitrogens with zero attached hydrogens (tertiary/aromatic N) is 2. The molecule has 0 saturated heterocycles. The molecule has 3 rings (SSSR count). The van der Waals surface area contributed by atoms with E-state index < -0.39 is 0 Å². The Bertz CT molecular complexity index is 775. The molecule has 8 nitrogen and oxygen atoms in total. The summed E-state index contributed by atoms with van der Waals surface area (Å²) in [7, 11) is 0. The van der Waals surface area contributed by atoms with Gasteiger partial charge >= 0.3 is 6.09 Å². The first kappa shape index (κ1) is 18.9. The number of ether oxygens (including phenoxy) is 1. The molecule has 0 aliphatic heterocycles. The largest absolute Gasteiger partial charge is 0.446 e. The first-order chi connectivity index (χ1) is 13.0. The number of carbonyl (C=O) groups is 2. The molecule has 27 heavy (non-hydrogen) atoms. The molecule has 144 valence electrons. The molecule has 8 heteroatoms. The number of H-pyrrole nitrogens is 1. The van der Waals surface area contributed by atoms with Gasteiger partial charge in [-0.2, -0.15) is 5.10 Å². The maximum absolute atomic E-state index is 12.1. The molecular formula is C19H25N5O3. The van der Waals surface area contributed by atoms with Crippen molar-refractivity contribution in [2.75, 3.05) is 5.32 Å². The van der Waals surface area contributed by atoms with Crippen LogP contribution in [0.15, 0.2) is 30.5 Å². The van der Waals surface area contributed by atoms with Gasteiger partial charge in [0.25, 0.3) is 0 Å². The van der Waals surface area contributed by atoms with Gasteiger partial charge in [-0.1, -0.05) is 6.07 Å². The number of aromatic nitrogens is 3. The summed E-state index contributed by atoms with van der Waals surface area (Å²) in [6, 6.07) is 7.37. The van der Waals surface area contributed by atoms with Crippen molar-refractivity contribution in [2.45, 2.75) is 57.6 Å². The summed E-state index contributed by atoms with van der Waals surface area (Å²) in [5.74, 6) is 0.563. The van der Waals surface area contributed by atoms with Crippen molar-refractivity contribution >= 4 is 17.8 Å². The molecule has 0 unspecified atom stereocenters. The first-order valence-corrected chi connectivity index (χ1v) is 9.22. The van der Waals surface area contributed by atoms with Gasteiger partial charge in [-0.15, -0.1) is 0 Å². The van der Waals surface area contributed by atoms with Gasteiger partial charge in [0.15, 0.2) is 5.82 Å². The Kier molecular flexibility index (Phi) is 6.05. The molecule has 2 amide bonds. The monoisotopic (exact) mass is 371 g/mol. The summed E-state index contributed by atoms with van der Waals surface area (Å²) < 4.78 is 5.45. The maximum atomic E-state index is 12.1. The van der Waals surface area contributed by atoms with Gasteiger partial charge in [-0.25, -0.2) is 4.79 Å². The van der Waals surface area contributed by atoms with Gasteiger partial charge in [0, 0.05) is 35.6 Å². The highest BCUT2D eigenvalue weighted by Gasteiger charge is 2.30. The van der Waals surface area contributed by atoms with Crippen LogP contribution in [0.3, 0.4) is 0 Å². The number of rotatable bonds is 6. The second-order valence-electron chi connectivity index (χ2n) is 7.09. The van der Waals surface area contributed by atoms with Gasteiger partial charge < -0.3 is 15.4 Å². The minimum absolute atomic E-state index is 0.0552. The fourth-order valence-electron chi connectivity index (χ4n) is 3.21. The van der Waals surface area contributed by atoms with E-state index in [-0.39, 0.29) is 36.5 Å². The number of pyridine rings is 1. The van der Waals surface area contributed by atoms with E-state index in [2.05, 4.69) is 25.8 Å². The van der Waals surface area contributed by atoms with Crippen LogP contribution in [0.25, 0.3) is 0 Å². The van der Waals surface area contributed by atoms with Gasteiger partial charge in [-0.3, -0.25) is 14.9 Å². The molecule has 1 saturated carbocycles. The number of hydrogen-bond donors (Lipinski definition) is 3. The van der Waals surface area contributed by atoms with Crippen molar-refractivity contribution in [3.63, 3.8) is 0 Å². The topological polar surface area (TPSA) is 109 Å².